The molecule has 1 aliphatic carbocycles. The highest BCUT2D eigenvalue weighted by Crippen LogP contribution is 2.32. The Kier molecular flexibility index (Phi) is 5.90. The van der Waals surface area contributed by atoms with E-state index in [4.69, 9.17) is 5.73 Å². The standard InChI is InChI=1S/C18H30N2/c1-3-16-6-4-7-18(14-16)20(13-5-12-19)17-10-8-15(2)9-11-17/h8-11,16,18H,3-7,12-14,19H2,1-2H3. The predicted molar refractivity (Wildman–Crippen MR) is 88.2 cm³/mol. The topological polar surface area (TPSA) is 29.3 Å². The minimum atomic E-state index is 0.711. The highest BCUT2D eigenvalue weighted by Gasteiger charge is 2.25. The van der Waals surface area contributed by atoms with E-state index in [1.54, 1.807) is 0 Å². The van der Waals surface area contributed by atoms with E-state index in [2.05, 4.69) is 43.0 Å². The van der Waals surface area contributed by atoms with Gasteiger partial charge in [0.2, 0.25) is 0 Å². The second-order valence-electron chi connectivity index (χ2n) is 6.27. The Labute approximate surface area is 124 Å². The van der Waals surface area contributed by atoms with Crippen LogP contribution in [0.3, 0.4) is 0 Å². The summed E-state index contributed by atoms with van der Waals surface area (Å²) in [5.41, 5.74) is 8.45. The van der Waals surface area contributed by atoms with Crippen LogP contribution in [0.25, 0.3) is 0 Å². The van der Waals surface area contributed by atoms with Gasteiger partial charge in [-0.15, -0.1) is 0 Å². The third-order valence-electron chi connectivity index (χ3n) is 4.74. The van der Waals surface area contributed by atoms with Gasteiger partial charge in [0.25, 0.3) is 0 Å². The molecule has 2 N–H and O–H groups in total. The molecule has 2 rings (SSSR count). The zero-order valence-electron chi connectivity index (χ0n) is 13.1. The molecule has 112 valence electrons. The van der Waals surface area contributed by atoms with E-state index in [0.717, 1.165) is 25.4 Å². The molecule has 0 bridgehead atoms. The summed E-state index contributed by atoms with van der Waals surface area (Å²) < 4.78 is 0. The summed E-state index contributed by atoms with van der Waals surface area (Å²) in [6, 6.07) is 9.72. The average Bonchev–Trinajstić information content (AvgIpc) is 2.49. The maximum absolute atomic E-state index is 5.74. The second-order valence-corrected chi connectivity index (χ2v) is 6.27. The van der Waals surface area contributed by atoms with Crippen LogP contribution in [0.5, 0.6) is 0 Å². The molecule has 0 saturated heterocycles. The molecule has 2 unspecified atom stereocenters. The molecule has 0 radical (unpaired) electrons. The number of nitrogens with two attached hydrogens (primary N) is 1. The Morgan fingerprint density at radius 3 is 2.60 bits per heavy atom. The van der Waals surface area contributed by atoms with Crippen molar-refractivity contribution in [1.82, 2.24) is 0 Å². The van der Waals surface area contributed by atoms with E-state index in [1.807, 2.05) is 0 Å². The van der Waals surface area contributed by atoms with Crippen LogP contribution in [0, 0.1) is 12.8 Å². The van der Waals surface area contributed by atoms with Crippen molar-refractivity contribution in [1.29, 1.82) is 0 Å². The van der Waals surface area contributed by atoms with Crippen molar-refractivity contribution in [2.24, 2.45) is 11.7 Å². The molecule has 2 nitrogen and oxygen atoms in total. The number of nitrogens with zero attached hydrogens (tertiary/aromatic N) is 1. The van der Waals surface area contributed by atoms with Crippen LogP contribution in [-0.4, -0.2) is 19.1 Å². The molecule has 1 aromatic rings. The van der Waals surface area contributed by atoms with Crippen LogP contribution in [0.2, 0.25) is 0 Å². The van der Waals surface area contributed by atoms with Gasteiger partial charge in [-0.25, -0.2) is 0 Å². The molecule has 2 atom stereocenters. The molecule has 0 amide bonds. The molecule has 1 saturated carbocycles. The van der Waals surface area contributed by atoms with Crippen LogP contribution < -0.4 is 10.6 Å². The number of hydrogen-bond acceptors (Lipinski definition) is 2. The summed E-state index contributed by atoms with van der Waals surface area (Å²) in [4.78, 5) is 2.62. The molecule has 0 spiro atoms. The first kappa shape index (κ1) is 15.4. The quantitative estimate of drug-likeness (QED) is 0.845. The Morgan fingerprint density at radius 1 is 1.20 bits per heavy atom. The molecule has 0 heterocycles. The van der Waals surface area contributed by atoms with Gasteiger partial charge < -0.3 is 10.6 Å². The largest absolute Gasteiger partial charge is 0.368 e. The Morgan fingerprint density at radius 2 is 1.95 bits per heavy atom. The minimum absolute atomic E-state index is 0.711. The monoisotopic (exact) mass is 274 g/mol. The predicted octanol–water partition coefficient (Wildman–Crippen LogP) is 4.12. The van der Waals surface area contributed by atoms with Gasteiger partial charge in [0.1, 0.15) is 0 Å². The summed E-state index contributed by atoms with van der Waals surface area (Å²) in [5, 5.41) is 0. The number of hydrogen-bond donors (Lipinski definition) is 1. The number of benzene rings is 1. The van der Waals surface area contributed by atoms with Gasteiger partial charge >= 0.3 is 0 Å². The van der Waals surface area contributed by atoms with Gasteiger partial charge in [-0.05, 0) is 50.8 Å². The number of anilines is 1. The van der Waals surface area contributed by atoms with Gasteiger partial charge in [-0.1, -0.05) is 43.9 Å². The Bertz CT molecular complexity index is 385. The van der Waals surface area contributed by atoms with Gasteiger partial charge in [0, 0.05) is 18.3 Å². The van der Waals surface area contributed by atoms with E-state index < -0.39 is 0 Å². The van der Waals surface area contributed by atoms with Gasteiger partial charge in [0.15, 0.2) is 0 Å². The summed E-state index contributed by atoms with van der Waals surface area (Å²) >= 11 is 0. The van der Waals surface area contributed by atoms with Crippen LogP contribution in [0.15, 0.2) is 24.3 Å². The Hall–Kier alpha value is -1.02. The lowest BCUT2D eigenvalue weighted by molar-refractivity contribution is 0.302. The van der Waals surface area contributed by atoms with Crippen molar-refractivity contribution < 1.29 is 0 Å². The summed E-state index contributed by atoms with van der Waals surface area (Å²) in [5.74, 6) is 0.916. The minimum Gasteiger partial charge on any atom is -0.368 e. The van der Waals surface area contributed by atoms with Crippen molar-refractivity contribution >= 4 is 5.69 Å². The Balaban J connectivity index is 2.11. The fourth-order valence-electron chi connectivity index (χ4n) is 3.44. The van der Waals surface area contributed by atoms with Crippen LogP contribution in [0.4, 0.5) is 5.69 Å². The average molecular weight is 274 g/mol. The molecule has 1 aliphatic rings. The van der Waals surface area contributed by atoms with E-state index in [9.17, 15) is 0 Å². The maximum Gasteiger partial charge on any atom is 0.0368 e. The van der Waals surface area contributed by atoms with Crippen LogP contribution in [-0.2, 0) is 0 Å². The van der Waals surface area contributed by atoms with Gasteiger partial charge in [-0.3, -0.25) is 0 Å². The van der Waals surface area contributed by atoms with Crippen LogP contribution in [0.1, 0.15) is 51.0 Å². The molecule has 0 aromatic heterocycles. The van der Waals surface area contributed by atoms with Crippen LogP contribution >= 0.6 is 0 Å². The highest BCUT2D eigenvalue weighted by atomic mass is 15.2. The fourth-order valence-corrected chi connectivity index (χ4v) is 3.44. The first-order valence-corrected chi connectivity index (χ1v) is 8.28. The van der Waals surface area contributed by atoms with E-state index >= 15 is 0 Å². The maximum atomic E-state index is 5.74. The van der Waals surface area contributed by atoms with Crippen molar-refractivity contribution in [3.63, 3.8) is 0 Å². The summed E-state index contributed by atoms with van der Waals surface area (Å²) in [7, 11) is 0. The lowest BCUT2D eigenvalue weighted by Crippen LogP contribution is -2.40. The SMILES string of the molecule is CCC1CCCC(N(CCCN)c2ccc(C)cc2)C1. The normalized spacial score (nSPS) is 22.8. The van der Waals surface area contributed by atoms with Gasteiger partial charge in [0.05, 0.1) is 0 Å². The van der Waals surface area contributed by atoms with Crippen molar-refractivity contribution in [2.75, 3.05) is 18.0 Å². The van der Waals surface area contributed by atoms with E-state index in [-0.39, 0.29) is 0 Å². The molecule has 2 heteroatoms. The van der Waals surface area contributed by atoms with E-state index in [0.29, 0.717) is 6.04 Å². The summed E-state index contributed by atoms with van der Waals surface area (Å²) in [6.07, 6.45) is 7.92. The molecule has 1 aromatic carbocycles. The summed E-state index contributed by atoms with van der Waals surface area (Å²) in [6.45, 7) is 6.37. The smallest absolute Gasteiger partial charge is 0.0368 e. The van der Waals surface area contributed by atoms with Crippen molar-refractivity contribution in [3.05, 3.63) is 29.8 Å². The number of rotatable bonds is 6. The number of aryl methyl sites for hydroxylation is 1. The molecular formula is C18H30N2. The molecule has 1 fully saturated rings. The first-order valence-electron chi connectivity index (χ1n) is 8.28. The fraction of sp³-hybridized carbons (Fsp3) is 0.667. The third kappa shape index (κ3) is 3.99. The third-order valence-corrected chi connectivity index (χ3v) is 4.74. The zero-order valence-corrected chi connectivity index (χ0v) is 13.1. The second kappa shape index (κ2) is 7.68. The zero-order chi connectivity index (χ0) is 14.4. The van der Waals surface area contributed by atoms with Crippen molar-refractivity contribution in [3.8, 4) is 0 Å². The van der Waals surface area contributed by atoms with Gasteiger partial charge in [-0.2, -0.15) is 0 Å². The van der Waals surface area contributed by atoms with E-state index in [1.165, 1.54) is 43.4 Å². The molecule has 0 aliphatic heterocycles. The van der Waals surface area contributed by atoms with Crippen molar-refractivity contribution in [2.45, 2.75) is 58.4 Å². The highest BCUT2D eigenvalue weighted by molar-refractivity contribution is 5.48. The molecular weight excluding hydrogens is 244 g/mol. The lowest BCUT2D eigenvalue weighted by atomic mass is 9.83. The molecule has 20 heavy (non-hydrogen) atoms. The lowest BCUT2D eigenvalue weighted by Gasteiger charge is -2.39. The first-order chi connectivity index (χ1) is 9.74.